The Morgan fingerprint density at radius 2 is 1.77 bits per heavy atom. The molecule has 1 atom stereocenters. The molecule has 0 spiro atoms. The largest absolute Gasteiger partial charge is 0.394 e. The molecule has 0 aliphatic carbocycles. The summed E-state index contributed by atoms with van der Waals surface area (Å²) in [5.74, 6) is 0.363. The number of aryl methyl sites for hydroxylation is 4. The number of rotatable bonds is 7. The van der Waals surface area contributed by atoms with Crippen molar-refractivity contribution >= 4 is 5.91 Å². The zero-order chi connectivity index (χ0) is 21.8. The lowest BCUT2D eigenvalue weighted by Gasteiger charge is -2.17. The number of aliphatic hydroxyl groups excluding tert-OH is 1. The average molecular weight is 408 g/mol. The minimum absolute atomic E-state index is 0.117. The first-order chi connectivity index (χ1) is 14.3. The van der Waals surface area contributed by atoms with Crippen LogP contribution in [0.2, 0.25) is 0 Å². The molecule has 0 radical (unpaired) electrons. The summed E-state index contributed by atoms with van der Waals surface area (Å²) < 4.78 is 1.69. The fraction of sp³-hybridized carbons (Fsp3) is 0.391. The Morgan fingerprint density at radius 3 is 2.40 bits per heavy atom. The summed E-state index contributed by atoms with van der Waals surface area (Å²) in [4.78, 5) is 21.7. The van der Waals surface area contributed by atoms with Crippen molar-refractivity contribution in [2.45, 2.75) is 53.5 Å². The monoisotopic (exact) mass is 407 g/mol. The first kappa shape index (κ1) is 21.6. The van der Waals surface area contributed by atoms with Crippen molar-refractivity contribution in [1.82, 2.24) is 25.1 Å². The fourth-order valence-corrected chi connectivity index (χ4v) is 3.63. The number of nitrogens with one attached hydrogen (secondary N) is 1. The standard InChI is InChI=1S/C23H29N5O2/c1-14-8-6-7-9-19(14)11-20(13-29)26-22(30)12-21-17(4)27-28(18(21)5)23-24-15(2)10-16(3)25-23/h6-10,20,29H,11-13H2,1-5H3,(H,26,30)/t20-/m1/s1. The van der Waals surface area contributed by atoms with Crippen LogP contribution in [0.15, 0.2) is 30.3 Å². The Hall–Kier alpha value is -3.06. The lowest BCUT2D eigenvalue weighted by atomic mass is 10.0. The van der Waals surface area contributed by atoms with Gasteiger partial charge in [0.15, 0.2) is 0 Å². The normalized spacial score (nSPS) is 12.1. The first-order valence-corrected chi connectivity index (χ1v) is 10.1. The highest BCUT2D eigenvalue weighted by atomic mass is 16.3. The smallest absolute Gasteiger partial charge is 0.251 e. The molecular weight excluding hydrogens is 378 g/mol. The Morgan fingerprint density at radius 1 is 1.10 bits per heavy atom. The summed E-state index contributed by atoms with van der Waals surface area (Å²) in [5.41, 5.74) is 6.45. The third-order valence-corrected chi connectivity index (χ3v) is 5.25. The van der Waals surface area contributed by atoms with Gasteiger partial charge in [-0.1, -0.05) is 24.3 Å². The second-order valence-corrected chi connectivity index (χ2v) is 7.77. The molecule has 0 aliphatic rings. The van der Waals surface area contributed by atoms with E-state index in [0.29, 0.717) is 12.4 Å². The van der Waals surface area contributed by atoms with E-state index in [1.165, 1.54) is 0 Å². The Labute approximate surface area is 177 Å². The van der Waals surface area contributed by atoms with Gasteiger partial charge in [0.2, 0.25) is 5.91 Å². The van der Waals surface area contributed by atoms with E-state index in [-0.39, 0.29) is 25.0 Å². The number of aromatic nitrogens is 4. The molecule has 2 heterocycles. The second-order valence-electron chi connectivity index (χ2n) is 7.77. The van der Waals surface area contributed by atoms with Gasteiger partial charge in [0, 0.05) is 22.6 Å². The Kier molecular flexibility index (Phi) is 6.62. The van der Waals surface area contributed by atoms with Crippen molar-refractivity contribution in [1.29, 1.82) is 0 Å². The van der Waals surface area contributed by atoms with Crippen molar-refractivity contribution in [2.24, 2.45) is 0 Å². The molecule has 1 aromatic carbocycles. The van der Waals surface area contributed by atoms with E-state index < -0.39 is 0 Å². The molecule has 0 saturated heterocycles. The molecule has 2 aromatic heterocycles. The fourth-order valence-electron chi connectivity index (χ4n) is 3.63. The molecule has 3 aromatic rings. The number of hydrogen-bond donors (Lipinski definition) is 2. The van der Waals surface area contributed by atoms with E-state index in [0.717, 1.165) is 39.5 Å². The van der Waals surface area contributed by atoms with Crippen LogP contribution in [0.25, 0.3) is 5.95 Å². The van der Waals surface area contributed by atoms with Crippen LogP contribution in [-0.2, 0) is 17.6 Å². The van der Waals surface area contributed by atoms with E-state index in [1.54, 1.807) is 4.68 Å². The molecule has 1 amide bonds. The molecule has 3 rings (SSSR count). The van der Waals surface area contributed by atoms with E-state index in [2.05, 4.69) is 20.4 Å². The molecule has 0 fully saturated rings. The molecule has 0 saturated carbocycles. The molecule has 7 nitrogen and oxygen atoms in total. The highest BCUT2D eigenvalue weighted by Gasteiger charge is 2.19. The van der Waals surface area contributed by atoms with Gasteiger partial charge < -0.3 is 10.4 Å². The highest BCUT2D eigenvalue weighted by Crippen LogP contribution is 2.17. The van der Waals surface area contributed by atoms with Crippen LogP contribution in [0, 0.1) is 34.6 Å². The molecular formula is C23H29N5O2. The van der Waals surface area contributed by atoms with Crippen LogP contribution >= 0.6 is 0 Å². The maximum atomic E-state index is 12.7. The molecule has 0 unspecified atom stereocenters. The van der Waals surface area contributed by atoms with Gasteiger partial charge in [-0.2, -0.15) is 5.10 Å². The van der Waals surface area contributed by atoms with Gasteiger partial charge in [0.1, 0.15) is 0 Å². The van der Waals surface area contributed by atoms with E-state index in [1.807, 2.05) is 65.0 Å². The summed E-state index contributed by atoms with van der Waals surface area (Å²) >= 11 is 0. The van der Waals surface area contributed by atoms with Crippen LogP contribution < -0.4 is 5.32 Å². The van der Waals surface area contributed by atoms with Gasteiger partial charge in [-0.15, -0.1) is 0 Å². The van der Waals surface area contributed by atoms with E-state index >= 15 is 0 Å². The predicted octanol–water partition coefficient (Wildman–Crippen LogP) is 2.47. The molecule has 2 N–H and O–H groups in total. The molecule has 158 valence electrons. The van der Waals surface area contributed by atoms with Gasteiger partial charge in [-0.25, -0.2) is 14.6 Å². The van der Waals surface area contributed by atoms with Crippen LogP contribution in [0.5, 0.6) is 0 Å². The van der Waals surface area contributed by atoms with Crippen molar-refractivity contribution in [2.75, 3.05) is 6.61 Å². The lowest BCUT2D eigenvalue weighted by Crippen LogP contribution is -2.40. The summed E-state index contributed by atoms with van der Waals surface area (Å²) in [7, 11) is 0. The SMILES string of the molecule is Cc1cc(C)nc(-n2nc(C)c(CC(=O)N[C@@H](CO)Cc3ccccc3C)c2C)n1. The molecule has 0 bridgehead atoms. The number of aliphatic hydroxyl groups is 1. The number of nitrogens with zero attached hydrogens (tertiary/aromatic N) is 4. The van der Waals surface area contributed by atoms with Crippen LogP contribution in [0.4, 0.5) is 0 Å². The number of hydrogen-bond acceptors (Lipinski definition) is 5. The maximum absolute atomic E-state index is 12.7. The van der Waals surface area contributed by atoms with Gasteiger partial charge in [0.05, 0.1) is 24.8 Å². The number of carbonyl (C=O) groups is 1. The van der Waals surface area contributed by atoms with Crippen molar-refractivity contribution in [3.05, 3.63) is 69.8 Å². The zero-order valence-electron chi connectivity index (χ0n) is 18.2. The van der Waals surface area contributed by atoms with Crippen LogP contribution in [-0.4, -0.2) is 43.4 Å². The van der Waals surface area contributed by atoms with Crippen LogP contribution in [0.3, 0.4) is 0 Å². The van der Waals surface area contributed by atoms with Gasteiger partial charge in [-0.05, 0) is 58.2 Å². The van der Waals surface area contributed by atoms with Gasteiger partial charge >= 0.3 is 0 Å². The minimum atomic E-state index is -0.336. The number of amides is 1. The van der Waals surface area contributed by atoms with E-state index in [9.17, 15) is 9.90 Å². The summed E-state index contributed by atoms with van der Waals surface area (Å²) in [6, 6.07) is 9.57. The second kappa shape index (κ2) is 9.17. The number of carbonyl (C=O) groups excluding carboxylic acids is 1. The van der Waals surface area contributed by atoms with Crippen molar-refractivity contribution in [3.8, 4) is 5.95 Å². The third kappa shape index (κ3) is 4.91. The molecule has 30 heavy (non-hydrogen) atoms. The zero-order valence-corrected chi connectivity index (χ0v) is 18.2. The maximum Gasteiger partial charge on any atom is 0.251 e. The summed E-state index contributed by atoms with van der Waals surface area (Å²) in [6.45, 7) is 9.55. The summed E-state index contributed by atoms with van der Waals surface area (Å²) in [6.07, 6.45) is 0.773. The van der Waals surface area contributed by atoms with E-state index in [4.69, 9.17) is 0 Å². The third-order valence-electron chi connectivity index (χ3n) is 5.25. The predicted molar refractivity (Wildman–Crippen MR) is 116 cm³/mol. The topological polar surface area (TPSA) is 92.9 Å². The molecule has 7 heteroatoms. The van der Waals surface area contributed by atoms with Gasteiger partial charge in [0.25, 0.3) is 5.95 Å². The van der Waals surface area contributed by atoms with Crippen molar-refractivity contribution in [3.63, 3.8) is 0 Å². The highest BCUT2D eigenvalue weighted by molar-refractivity contribution is 5.79. The molecule has 0 aliphatic heterocycles. The van der Waals surface area contributed by atoms with Crippen LogP contribution in [0.1, 0.15) is 39.5 Å². The van der Waals surface area contributed by atoms with Gasteiger partial charge in [-0.3, -0.25) is 4.79 Å². The number of benzene rings is 1. The summed E-state index contributed by atoms with van der Waals surface area (Å²) in [5, 5.41) is 17.3. The average Bonchev–Trinajstić information content (AvgIpc) is 2.96. The minimum Gasteiger partial charge on any atom is -0.394 e. The quantitative estimate of drug-likeness (QED) is 0.628. The lowest BCUT2D eigenvalue weighted by molar-refractivity contribution is -0.121. The first-order valence-electron chi connectivity index (χ1n) is 10.1. The Balaban J connectivity index is 1.75. The Bertz CT molecular complexity index is 1040. The van der Waals surface area contributed by atoms with Crippen molar-refractivity contribution < 1.29 is 9.90 Å².